The van der Waals surface area contributed by atoms with Crippen LogP contribution < -0.4 is 5.32 Å². The fraction of sp³-hybridized carbons (Fsp3) is 0.714. The van der Waals surface area contributed by atoms with Crippen LogP contribution in [0.2, 0.25) is 0 Å². The number of aromatic nitrogens is 2. The third kappa shape index (κ3) is 2.09. The largest absolute Gasteiger partial charge is 0.373 e. The second kappa shape index (κ2) is 4.84. The summed E-state index contributed by atoms with van der Waals surface area (Å²) in [6, 6.07) is 0. The summed E-state index contributed by atoms with van der Waals surface area (Å²) in [7, 11) is 1.77. The summed E-state index contributed by atoms with van der Waals surface area (Å²) < 4.78 is 5.60. The maximum Gasteiger partial charge on any atom is 0.160 e. The molecule has 2 aliphatic carbocycles. The van der Waals surface area contributed by atoms with Gasteiger partial charge in [-0.25, -0.2) is 9.97 Å². The highest BCUT2D eigenvalue weighted by Crippen LogP contribution is 2.42. The first kappa shape index (κ1) is 11.9. The molecule has 3 rings (SSSR count). The molecule has 4 heteroatoms. The number of methoxy groups -OCH3 is 1. The quantitative estimate of drug-likeness (QED) is 0.868. The minimum Gasteiger partial charge on any atom is -0.373 e. The van der Waals surface area contributed by atoms with Gasteiger partial charge in [-0.05, 0) is 44.9 Å². The molecule has 0 aliphatic heterocycles. The van der Waals surface area contributed by atoms with Gasteiger partial charge in [-0.2, -0.15) is 0 Å². The highest BCUT2D eigenvalue weighted by Gasteiger charge is 2.35. The first-order chi connectivity index (χ1) is 8.83. The number of nitrogens with one attached hydrogen (secondary N) is 1. The molecule has 1 unspecified atom stereocenters. The lowest BCUT2D eigenvalue weighted by Gasteiger charge is -2.16. The summed E-state index contributed by atoms with van der Waals surface area (Å²) in [6.07, 6.45) is 5.98. The van der Waals surface area contributed by atoms with Crippen LogP contribution in [0, 0.1) is 5.92 Å². The van der Waals surface area contributed by atoms with Crippen LogP contribution in [-0.2, 0) is 17.6 Å². The predicted octanol–water partition coefficient (Wildman–Crippen LogP) is 2.49. The first-order valence-corrected chi connectivity index (χ1v) is 6.99. The maximum atomic E-state index is 5.60. The fourth-order valence-corrected chi connectivity index (χ4v) is 2.80. The van der Waals surface area contributed by atoms with Gasteiger partial charge in [0.25, 0.3) is 0 Å². The molecular weight excluding hydrogens is 226 g/mol. The molecule has 1 aromatic rings. The third-order valence-corrected chi connectivity index (χ3v) is 3.85. The van der Waals surface area contributed by atoms with E-state index in [0.29, 0.717) is 5.92 Å². The lowest BCUT2D eigenvalue weighted by atomic mass is 10.2. The molecule has 0 spiro atoms. The van der Waals surface area contributed by atoms with Crippen molar-refractivity contribution in [1.82, 2.24) is 9.97 Å². The second-order valence-electron chi connectivity index (χ2n) is 5.23. The van der Waals surface area contributed by atoms with E-state index in [1.54, 1.807) is 7.11 Å². The summed E-state index contributed by atoms with van der Waals surface area (Å²) in [5, 5.41) is 3.38. The van der Waals surface area contributed by atoms with Gasteiger partial charge < -0.3 is 10.1 Å². The topological polar surface area (TPSA) is 47.0 Å². The molecule has 1 saturated carbocycles. The number of hydrogen-bond donors (Lipinski definition) is 1. The molecule has 18 heavy (non-hydrogen) atoms. The average molecular weight is 247 g/mol. The van der Waals surface area contributed by atoms with Gasteiger partial charge >= 0.3 is 0 Å². The number of rotatable bonds is 5. The summed E-state index contributed by atoms with van der Waals surface area (Å²) in [4.78, 5) is 9.47. The van der Waals surface area contributed by atoms with Gasteiger partial charge in [-0.15, -0.1) is 0 Å². The third-order valence-electron chi connectivity index (χ3n) is 3.85. The predicted molar refractivity (Wildman–Crippen MR) is 70.7 cm³/mol. The summed E-state index contributed by atoms with van der Waals surface area (Å²) >= 11 is 0. The van der Waals surface area contributed by atoms with Gasteiger partial charge in [0, 0.05) is 24.9 Å². The Balaban J connectivity index is 1.96. The molecule has 4 nitrogen and oxygen atoms in total. The smallest absolute Gasteiger partial charge is 0.160 e. The van der Waals surface area contributed by atoms with Crippen molar-refractivity contribution in [3.05, 3.63) is 17.1 Å². The Morgan fingerprint density at radius 2 is 2.17 bits per heavy atom. The molecule has 0 amide bonds. The number of anilines is 1. The van der Waals surface area contributed by atoms with Gasteiger partial charge in [0.2, 0.25) is 0 Å². The molecule has 0 saturated heterocycles. The van der Waals surface area contributed by atoms with E-state index >= 15 is 0 Å². The van der Waals surface area contributed by atoms with Crippen molar-refractivity contribution in [3.8, 4) is 0 Å². The number of aryl methyl sites for hydroxylation is 1. The Labute approximate surface area is 108 Å². The van der Waals surface area contributed by atoms with Crippen LogP contribution >= 0.6 is 0 Å². The molecule has 0 radical (unpaired) electrons. The van der Waals surface area contributed by atoms with E-state index < -0.39 is 0 Å². The maximum absolute atomic E-state index is 5.60. The van der Waals surface area contributed by atoms with Crippen molar-refractivity contribution < 1.29 is 4.74 Å². The van der Waals surface area contributed by atoms with E-state index in [0.717, 1.165) is 31.0 Å². The molecule has 0 aromatic carbocycles. The van der Waals surface area contributed by atoms with Gasteiger partial charge in [0.05, 0.1) is 0 Å². The number of ether oxygens (including phenoxy) is 1. The van der Waals surface area contributed by atoms with E-state index in [4.69, 9.17) is 14.7 Å². The van der Waals surface area contributed by atoms with Gasteiger partial charge in [0.1, 0.15) is 11.9 Å². The number of nitrogens with zero attached hydrogens (tertiary/aromatic N) is 2. The number of hydrogen-bond acceptors (Lipinski definition) is 4. The van der Waals surface area contributed by atoms with Crippen LogP contribution in [0.1, 0.15) is 49.4 Å². The highest BCUT2D eigenvalue weighted by molar-refractivity contribution is 5.49. The monoisotopic (exact) mass is 247 g/mol. The normalized spacial score (nSPS) is 19.7. The molecule has 98 valence electrons. The zero-order valence-electron chi connectivity index (χ0n) is 11.2. The first-order valence-electron chi connectivity index (χ1n) is 6.99. The van der Waals surface area contributed by atoms with Crippen molar-refractivity contribution in [2.75, 3.05) is 19.0 Å². The second-order valence-corrected chi connectivity index (χ2v) is 5.23. The van der Waals surface area contributed by atoms with Crippen molar-refractivity contribution >= 4 is 5.82 Å². The molecule has 1 heterocycles. The standard InChI is InChI=1S/C14H21N3O/c1-3-15-13-10-5-4-6-11(10)16-14(17-13)12(18-2)9-7-8-9/h9,12H,3-8H2,1-2H3,(H,15,16,17). The Morgan fingerprint density at radius 3 is 2.83 bits per heavy atom. The lowest BCUT2D eigenvalue weighted by Crippen LogP contribution is -2.14. The van der Waals surface area contributed by atoms with Crippen LogP contribution in [0.25, 0.3) is 0 Å². The number of fused-ring (bicyclic) bond motifs is 1. The summed E-state index contributed by atoms with van der Waals surface area (Å²) in [5.74, 6) is 2.55. The van der Waals surface area contributed by atoms with E-state index in [9.17, 15) is 0 Å². The van der Waals surface area contributed by atoms with Crippen molar-refractivity contribution in [3.63, 3.8) is 0 Å². The lowest BCUT2D eigenvalue weighted by molar-refractivity contribution is 0.0771. The Kier molecular flexibility index (Phi) is 3.20. The van der Waals surface area contributed by atoms with E-state index in [-0.39, 0.29) is 6.10 Å². The van der Waals surface area contributed by atoms with Gasteiger partial charge in [-0.1, -0.05) is 0 Å². The summed E-state index contributed by atoms with van der Waals surface area (Å²) in [6.45, 7) is 3.02. The Bertz CT molecular complexity index is 443. The van der Waals surface area contributed by atoms with E-state index in [2.05, 4.69) is 12.2 Å². The van der Waals surface area contributed by atoms with Crippen LogP contribution in [0.3, 0.4) is 0 Å². The zero-order valence-corrected chi connectivity index (χ0v) is 11.2. The van der Waals surface area contributed by atoms with E-state index in [1.807, 2.05) is 0 Å². The zero-order chi connectivity index (χ0) is 12.5. The molecule has 0 bridgehead atoms. The fourth-order valence-electron chi connectivity index (χ4n) is 2.80. The SMILES string of the molecule is CCNc1nc(C(OC)C2CC2)nc2c1CCC2. The summed E-state index contributed by atoms with van der Waals surface area (Å²) in [5.41, 5.74) is 2.56. The minimum atomic E-state index is 0.0910. The van der Waals surface area contributed by atoms with Gasteiger partial charge in [-0.3, -0.25) is 0 Å². The molecule has 1 atom stereocenters. The Morgan fingerprint density at radius 1 is 1.33 bits per heavy atom. The van der Waals surface area contributed by atoms with E-state index in [1.165, 1.54) is 30.5 Å². The highest BCUT2D eigenvalue weighted by atomic mass is 16.5. The van der Waals surface area contributed by atoms with Crippen molar-refractivity contribution in [1.29, 1.82) is 0 Å². The molecule has 1 fully saturated rings. The molecule has 1 N–H and O–H groups in total. The van der Waals surface area contributed by atoms with Crippen LogP contribution in [-0.4, -0.2) is 23.6 Å². The van der Waals surface area contributed by atoms with Crippen LogP contribution in [0.15, 0.2) is 0 Å². The van der Waals surface area contributed by atoms with Gasteiger partial charge in [0.15, 0.2) is 5.82 Å². The Hall–Kier alpha value is -1.16. The van der Waals surface area contributed by atoms with Crippen LogP contribution in [0.5, 0.6) is 0 Å². The average Bonchev–Trinajstić information content (AvgIpc) is 3.08. The molecule has 1 aromatic heterocycles. The van der Waals surface area contributed by atoms with Crippen LogP contribution in [0.4, 0.5) is 5.82 Å². The minimum absolute atomic E-state index is 0.0910. The molecule has 2 aliphatic rings. The van der Waals surface area contributed by atoms with Crippen molar-refractivity contribution in [2.24, 2.45) is 5.92 Å². The van der Waals surface area contributed by atoms with Crippen molar-refractivity contribution in [2.45, 2.75) is 45.1 Å². The molecular formula is C14H21N3O.